The molecule has 3 rings (SSSR count). The molecule has 1 N–H and O–H groups in total. The smallest absolute Gasteiger partial charge is 0.252 e. The van der Waals surface area contributed by atoms with Crippen LogP contribution in [0.4, 0.5) is 0 Å². The molecule has 0 aliphatic carbocycles. The van der Waals surface area contributed by atoms with Gasteiger partial charge < -0.3 is 5.32 Å². The number of rotatable bonds is 5. The zero-order chi connectivity index (χ0) is 16.2. The zero-order valence-corrected chi connectivity index (χ0v) is 13.2. The largest absolute Gasteiger partial charge is 0.352 e. The van der Waals surface area contributed by atoms with Crippen LogP contribution in [0.2, 0.25) is 0 Å². The Kier molecular flexibility index (Phi) is 4.32. The third kappa shape index (κ3) is 3.36. The van der Waals surface area contributed by atoms with Gasteiger partial charge in [-0.15, -0.1) is 0 Å². The number of hydrogen-bond donors (Lipinski definition) is 1. The van der Waals surface area contributed by atoms with Crippen molar-refractivity contribution >= 4 is 16.9 Å². The van der Waals surface area contributed by atoms with Crippen molar-refractivity contribution in [2.75, 3.05) is 6.54 Å². The van der Waals surface area contributed by atoms with Gasteiger partial charge in [-0.05, 0) is 32.0 Å². The molecule has 118 valence electrons. The Hall–Kier alpha value is -2.76. The summed E-state index contributed by atoms with van der Waals surface area (Å²) in [7, 11) is 0. The average Bonchev–Trinajstić information content (AvgIpc) is 2.99. The fraction of sp³-hybridized carbons (Fsp3) is 0.294. The summed E-state index contributed by atoms with van der Waals surface area (Å²) in [5, 5.41) is 8.08. The van der Waals surface area contributed by atoms with Crippen LogP contribution >= 0.6 is 0 Å². The minimum absolute atomic E-state index is 0.132. The minimum Gasteiger partial charge on any atom is -0.352 e. The number of fused-ring (bicyclic) bond motifs is 1. The number of pyridine rings is 2. The van der Waals surface area contributed by atoms with Gasteiger partial charge in [0.25, 0.3) is 5.91 Å². The zero-order valence-electron chi connectivity index (χ0n) is 13.2. The molecule has 23 heavy (non-hydrogen) atoms. The third-order valence-electron chi connectivity index (χ3n) is 3.58. The van der Waals surface area contributed by atoms with Crippen molar-refractivity contribution in [2.24, 2.45) is 0 Å². The van der Waals surface area contributed by atoms with Crippen molar-refractivity contribution in [3.8, 4) is 0 Å². The number of hydrogen-bond acceptors (Lipinski definition) is 4. The molecule has 0 unspecified atom stereocenters. The molecule has 0 saturated carbocycles. The summed E-state index contributed by atoms with van der Waals surface area (Å²) < 4.78 is 1.85. The van der Waals surface area contributed by atoms with Gasteiger partial charge in [0.1, 0.15) is 0 Å². The van der Waals surface area contributed by atoms with Crippen molar-refractivity contribution in [2.45, 2.75) is 26.3 Å². The van der Waals surface area contributed by atoms with E-state index in [0.29, 0.717) is 18.5 Å². The molecule has 0 aliphatic heterocycles. The summed E-state index contributed by atoms with van der Waals surface area (Å²) in [5.74, 6) is -0.132. The number of amides is 1. The van der Waals surface area contributed by atoms with Gasteiger partial charge in [0.15, 0.2) is 5.65 Å². The molecule has 0 spiro atoms. The molecule has 1 amide bonds. The van der Waals surface area contributed by atoms with Crippen LogP contribution in [0.1, 0.15) is 35.9 Å². The van der Waals surface area contributed by atoms with Gasteiger partial charge in [0.2, 0.25) is 0 Å². The minimum atomic E-state index is -0.132. The Bertz CT molecular complexity index is 810. The monoisotopic (exact) mass is 309 g/mol. The van der Waals surface area contributed by atoms with Crippen LogP contribution in [0.5, 0.6) is 0 Å². The second-order valence-corrected chi connectivity index (χ2v) is 5.65. The average molecular weight is 309 g/mol. The van der Waals surface area contributed by atoms with Gasteiger partial charge in [-0.1, -0.05) is 6.07 Å². The standard InChI is InChI=1S/C17H19N5O/c1-12(2)22-16-13(11-21-22)9-14(10-20-16)17(23)19-8-6-15-5-3-4-7-18-15/h3-5,7,9-12H,6,8H2,1-2H3,(H,19,23). The van der Waals surface area contributed by atoms with Gasteiger partial charge >= 0.3 is 0 Å². The van der Waals surface area contributed by atoms with Crippen molar-refractivity contribution in [1.29, 1.82) is 0 Å². The molecular weight excluding hydrogens is 290 g/mol. The highest BCUT2D eigenvalue weighted by molar-refractivity contribution is 5.96. The molecule has 0 radical (unpaired) electrons. The molecule has 6 nitrogen and oxygen atoms in total. The number of carbonyl (C=O) groups is 1. The van der Waals surface area contributed by atoms with Gasteiger partial charge in [-0.3, -0.25) is 9.78 Å². The van der Waals surface area contributed by atoms with E-state index >= 15 is 0 Å². The molecule has 0 atom stereocenters. The van der Waals surface area contributed by atoms with E-state index in [4.69, 9.17) is 0 Å². The summed E-state index contributed by atoms with van der Waals surface area (Å²) in [6, 6.07) is 7.82. The van der Waals surface area contributed by atoms with Crippen molar-refractivity contribution < 1.29 is 4.79 Å². The SMILES string of the molecule is CC(C)n1ncc2cc(C(=O)NCCc3ccccn3)cnc21. The Morgan fingerprint density at radius 2 is 2.13 bits per heavy atom. The predicted molar refractivity (Wildman–Crippen MR) is 88.2 cm³/mol. The molecular formula is C17H19N5O. The van der Waals surface area contributed by atoms with Crippen LogP contribution in [0, 0.1) is 0 Å². The molecule has 0 saturated heterocycles. The van der Waals surface area contributed by atoms with E-state index < -0.39 is 0 Å². The molecule has 6 heteroatoms. The van der Waals surface area contributed by atoms with Crippen molar-refractivity contribution in [1.82, 2.24) is 25.1 Å². The van der Waals surface area contributed by atoms with Crippen LogP contribution in [0.15, 0.2) is 42.9 Å². The molecule has 3 heterocycles. The van der Waals surface area contributed by atoms with E-state index in [1.165, 1.54) is 0 Å². The fourth-order valence-electron chi connectivity index (χ4n) is 2.39. The molecule has 0 bridgehead atoms. The highest BCUT2D eigenvalue weighted by Gasteiger charge is 2.11. The fourth-order valence-corrected chi connectivity index (χ4v) is 2.39. The summed E-state index contributed by atoms with van der Waals surface area (Å²) in [6.45, 7) is 4.64. The maximum absolute atomic E-state index is 12.2. The Labute approximate surface area is 134 Å². The first kappa shape index (κ1) is 15.1. The first-order chi connectivity index (χ1) is 11.1. The van der Waals surface area contributed by atoms with E-state index in [2.05, 4.69) is 20.4 Å². The van der Waals surface area contributed by atoms with Crippen molar-refractivity contribution in [3.63, 3.8) is 0 Å². The third-order valence-corrected chi connectivity index (χ3v) is 3.58. The van der Waals surface area contributed by atoms with Crippen LogP contribution in [-0.2, 0) is 6.42 Å². The maximum Gasteiger partial charge on any atom is 0.252 e. The lowest BCUT2D eigenvalue weighted by Crippen LogP contribution is -2.26. The lowest BCUT2D eigenvalue weighted by atomic mass is 10.2. The number of carbonyl (C=O) groups excluding carboxylic acids is 1. The lowest BCUT2D eigenvalue weighted by Gasteiger charge is -2.07. The van der Waals surface area contributed by atoms with E-state index in [9.17, 15) is 4.79 Å². The number of nitrogens with zero attached hydrogens (tertiary/aromatic N) is 4. The summed E-state index contributed by atoms with van der Waals surface area (Å²) in [4.78, 5) is 20.8. The van der Waals surface area contributed by atoms with E-state index in [-0.39, 0.29) is 11.9 Å². The van der Waals surface area contributed by atoms with Gasteiger partial charge in [-0.2, -0.15) is 5.10 Å². The van der Waals surface area contributed by atoms with Gasteiger partial charge in [0.05, 0.1) is 11.8 Å². The maximum atomic E-state index is 12.2. The molecule has 0 fully saturated rings. The van der Waals surface area contributed by atoms with Crippen LogP contribution in [0.3, 0.4) is 0 Å². The topological polar surface area (TPSA) is 72.7 Å². The normalized spacial score (nSPS) is 11.1. The van der Waals surface area contributed by atoms with Gasteiger partial charge in [-0.25, -0.2) is 9.67 Å². The van der Waals surface area contributed by atoms with E-state index in [1.54, 1.807) is 18.6 Å². The van der Waals surface area contributed by atoms with Crippen molar-refractivity contribution in [3.05, 3.63) is 54.1 Å². The number of nitrogens with one attached hydrogen (secondary N) is 1. The van der Waals surface area contributed by atoms with Crippen LogP contribution < -0.4 is 5.32 Å². The van der Waals surface area contributed by atoms with Crippen LogP contribution in [-0.4, -0.2) is 32.2 Å². The summed E-state index contributed by atoms with van der Waals surface area (Å²) in [5.41, 5.74) is 2.30. The first-order valence-corrected chi connectivity index (χ1v) is 7.66. The Balaban J connectivity index is 1.66. The summed E-state index contributed by atoms with van der Waals surface area (Å²) in [6.07, 6.45) is 5.79. The quantitative estimate of drug-likeness (QED) is 0.785. The highest BCUT2D eigenvalue weighted by Crippen LogP contribution is 2.16. The highest BCUT2D eigenvalue weighted by atomic mass is 16.1. The Morgan fingerprint density at radius 1 is 1.26 bits per heavy atom. The first-order valence-electron chi connectivity index (χ1n) is 7.66. The molecule has 3 aromatic rings. The summed E-state index contributed by atoms with van der Waals surface area (Å²) >= 11 is 0. The van der Waals surface area contributed by atoms with E-state index in [0.717, 1.165) is 16.7 Å². The molecule has 0 aliphatic rings. The predicted octanol–water partition coefficient (Wildman–Crippen LogP) is 2.38. The van der Waals surface area contributed by atoms with E-state index in [1.807, 2.05) is 42.8 Å². The number of aromatic nitrogens is 4. The molecule has 3 aromatic heterocycles. The van der Waals surface area contributed by atoms with Crippen LogP contribution in [0.25, 0.3) is 11.0 Å². The second kappa shape index (κ2) is 6.56. The van der Waals surface area contributed by atoms with Gasteiger partial charge in [0, 0.05) is 42.5 Å². The Morgan fingerprint density at radius 3 is 2.87 bits per heavy atom. The second-order valence-electron chi connectivity index (χ2n) is 5.65. The molecule has 0 aromatic carbocycles. The lowest BCUT2D eigenvalue weighted by molar-refractivity contribution is 0.0954.